The van der Waals surface area contributed by atoms with Crippen LogP contribution in [-0.2, 0) is 28.1 Å². The van der Waals surface area contributed by atoms with E-state index in [0.29, 0.717) is 0 Å². The second kappa shape index (κ2) is 10.2. The number of ether oxygens (including phenoxy) is 3. The summed E-state index contributed by atoms with van der Waals surface area (Å²) in [5.74, 6) is -0.460. The number of rotatable bonds is 10. The number of hydrogen-bond donors (Lipinski definition) is 3. The summed E-state index contributed by atoms with van der Waals surface area (Å²) in [5.41, 5.74) is -4.26. The van der Waals surface area contributed by atoms with Crippen molar-refractivity contribution in [1.29, 1.82) is 0 Å². The monoisotopic (exact) mass is 539 g/mol. The maximum atomic E-state index is 13.8. The summed E-state index contributed by atoms with van der Waals surface area (Å²) < 4.78 is 43.3. The molecule has 0 radical (unpaired) electrons. The molecule has 2 saturated heterocycles. The number of nitrogens with one attached hydrogen (secondary N) is 2. The van der Waals surface area contributed by atoms with Crippen LogP contribution in [0.2, 0.25) is 0 Å². The molecule has 2 aliphatic rings. The van der Waals surface area contributed by atoms with Crippen molar-refractivity contribution in [2.24, 2.45) is 0 Å². The predicted octanol–water partition coefficient (Wildman–Crippen LogP) is 1.09. The molecule has 37 heavy (non-hydrogen) atoms. The molecule has 6 atom stereocenters. The second-order valence-electron chi connectivity index (χ2n) is 9.44. The summed E-state index contributed by atoms with van der Waals surface area (Å²) in [4.78, 5) is 38.4. The average Bonchev–Trinajstić information content (AvgIpc) is 3.20. The van der Waals surface area contributed by atoms with E-state index in [0.717, 1.165) is 10.6 Å². The molecule has 202 valence electrons. The largest absolute Gasteiger partial charge is 0.462 e. The fourth-order valence-electron chi connectivity index (χ4n) is 4.23. The van der Waals surface area contributed by atoms with Gasteiger partial charge in [0.25, 0.3) is 5.56 Å². The van der Waals surface area contributed by atoms with Crippen LogP contribution in [0.3, 0.4) is 0 Å². The molecule has 14 heteroatoms. The van der Waals surface area contributed by atoms with Gasteiger partial charge in [0.2, 0.25) is 0 Å². The highest BCUT2D eigenvalue weighted by Crippen LogP contribution is 2.54. The lowest BCUT2D eigenvalue weighted by Crippen LogP contribution is -2.46. The molecule has 13 nitrogen and oxygen atoms in total. The van der Waals surface area contributed by atoms with Crippen molar-refractivity contribution >= 4 is 13.7 Å². The minimum absolute atomic E-state index is 0.143. The van der Waals surface area contributed by atoms with Crippen molar-refractivity contribution in [3.63, 3.8) is 0 Å². The summed E-state index contributed by atoms with van der Waals surface area (Å²) >= 11 is 0. The van der Waals surface area contributed by atoms with Gasteiger partial charge >= 0.3 is 19.4 Å². The van der Waals surface area contributed by atoms with Gasteiger partial charge in [0.15, 0.2) is 6.23 Å². The van der Waals surface area contributed by atoms with Gasteiger partial charge in [-0.1, -0.05) is 18.2 Å². The van der Waals surface area contributed by atoms with Crippen molar-refractivity contribution in [3.8, 4) is 5.75 Å². The van der Waals surface area contributed by atoms with Crippen molar-refractivity contribution in [2.45, 2.75) is 63.4 Å². The number of aromatic nitrogens is 2. The molecular formula is C23H30N3O10P. The Morgan fingerprint density at radius 1 is 1.27 bits per heavy atom. The van der Waals surface area contributed by atoms with Gasteiger partial charge in [0.05, 0.1) is 19.3 Å². The van der Waals surface area contributed by atoms with E-state index >= 15 is 0 Å². The molecule has 0 amide bonds. The molecule has 3 N–H and O–H groups in total. The number of aromatic amines is 1. The van der Waals surface area contributed by atoms with Crippen LogP contribution in [0, 0.1) is 0 Å². The lowest BCUT2D eigenvalue weighted by Gasteiger charge is -2.34. The van der Waals surface area contributed by atoms with E-state index in [1.807, 2.05) is 0 Å². The van der Waals surface area contributed by atoms with Crippen LogP contribution in [0.15, 0.2) is 52.2 Å². The Hall–Kier alpha value is -2.80. The van der Waals surface area contributed by atoms with Gasteiger partial charge in [-0.15, -0.1) is 0 Å². The molecule has 1 aromatic carbocycles. The summed E-state index contributed by atoms with van der Waals surface area (Å²) in [5, 5.41) is 13.7. The Bertz CT molecular complexity index is 1300. The summed E-state index contributed by atoms with van der Waals surface area (Å²) in [7, 11) is -4.25. The molecule has 0 aliphatic carbocycles. The number of esters is 1. The molecular weight excluding hydrogens is 509 g/mol. The number of carbonyl (C=O) groups is 1. The molecule has 3 heterocycles. The van der Waals surface area contributed by atoms with Crippen LogP contribution in [0.4, 0.5) is 0 Å². The molecule has 0 saturated carbocycles. The van der Waals surface area contributed by atoms with Crippen LogP contribution in [0.5, 0.6) is 5.75 Å². The van der Waals surface area contributed by atoms with E-state index in [2.05, 4.69) is 10.1 Å². The van der Waals surface area contributed by atoms with E-state index in [9.17, 15) is 24.1 Å². The zero-order valence-corrected chi connectivity index (χ0v) is 21.7. The number of aliphatic hydroxyl groups excluding tert-OH is 1. The summed E-state index contributed by atoms with van der Waals surface area (Å²) in [6.45, 7) is 5.73. The molecule has 2 fully saturated rings. The maximum Gasteiger partial charge on any atom is 0.459 e. The van der Waals surface area contributed by atoms with Gasteiger partial charge in [0, 0.05) is 12.3 Å². The van der Waals surface area contributed by atoms with Crippen molar-refractivity contribution < 1.29 is 37.7 Å². The SMILES string of the molecule is CC(C)OC(=O)[C@H](C)N[P@](=O)(OC[C@]12CO[C@](C)([C@@H]1O)[C@H](n1ccc(=O)[nH]c1=O)O2)Oc1ccccc1. The molecule has 1 aromatic heterocycles. The highest BCUT2D eigenvalue weighted by molar-refractivity contribution is 7.52. The fourth-order valence-corrected chi connectivity index (χ4v) is 5.78. The minimum Gasteiger partial charge on any atom is -0.462 e. The van der Waals surface area contributed by atoms with Gasteiger partial charge in [0.1, 0.15) is 29.1 Å². The maximum absolute atomic E-state index is 13.8. The zero-order chi connectivity index (χ0) is 27.0. The molecule has 2 bridgehead atoms. The first-order valence-corrected chi connectivity index (χ1v) is 13.2. The number of fused-ring (bicyclic) bond motifs is 2. The van der Waals surface area contributed by atoms with Crippen LogP contribution >= 0.6 is 7.75 Å². The highest BCUT2D eigenvalue weighted by atomic mass is 31.2. The lowest BCUT2D eigenvalue weighted by molar-refractivity contribution is -0.212. The molecule has 0 spiro atoms. The number of H-pyrrole nitrogens is 1. The number of para-hydroxylation sites is 1. The van der Waals surface area contributed by atoms with E-state index in [1.165, 1.54) is 13.1 Å². The van der Waals surface area contributed by atoms with Crippen molar-refractivity contribution in [1.82, 2.24) is 14.6 Å². The third kappa shape index (κ3) is 5.42. The minimum atomic E-state index is -4.25. The fraction of sp³-hybridized carbons (Fsp3) is 0.522. The van der Waals surface area contributed by atoms with Gasteiger partial charge < -0.3 is 23.8 Å². The summed E-state index contributed by atoms with van der Waals surface area (Å²) in [6, 6.07) is 8.26. The number of benzene rings is 1. The molecule has 2 aromatic rings. The number of carbonyl (C=O) groups excluding carboxylic acids is 1. The van der Waals surface area contributed by atoms with Crippen LogP contribution < -0.4 is 20.9 Å². The number of nitrogens with zero attached hydrogens (tertiary/aromatic N) is 1. The first-order chi connectivity index (χ1) is 17.4. The predicted molar refractivity (Wildman–Crippen MR) is 129 cm³/mol. The van der Waals surface area contributed by atoms with E-state index in [-0.39, 0.29) is 12.4 Å². The van der Waals surface area contributed by atoms with Gasteiger partial charge in [-0.2, -0.15) is 5.09 Å². The Labute approximate surface area is 212 Å². The van der Waals surface area contributed by atoms with E-state index in [4.69, 9.17) is 23.3 Å². The highest BCUT2D eigenvalue weighted by Gasteiger charge is 2.69. The molecule has 2 aliphatic heterocycles. The second-order valence-corrected chi connectivity index (χ2v) is 11.1. The number of hydrogen-bond acceptors (Lipinski definition) is 10. The first-order valence-electron chi connectivity index (χ1n) is 11.7. The Balaban J connectivity index is 1.57. The van der Waals surface area contributed by atoms with Gasteiger partial charge in [-0.05, 0) is 39.8 Å². The van der Waals surface area contributed by atoms with Crippen LogP contribution in [0.25, 0.3) is 0 Å². The van der Waals surface area contributed by atoms with Gasteiger partial charge in [-0.25, -0.2) is 9.36 Å². The molecule has 0 unspecified atom stereocenters. The van der Waals surface area contributed by atoms with Gasteiger partial charge in [-0.3, -0.25) is 23.7 Å². The third-order valence-electron chi connectivity index (χ3n) is 6.11. The van der Waals surface area contributed by atoms with Crippen molar-refractivity contribution in [2.75, 3.05) is 13.2 Å². The smallest absolute Gasteiger partial charge is 0.459 e. The Morgan fingerprint density at radius 3 is 2.62 bits per heavy atom. The normalized spacial score (nSPS) is 29.1. The Kier molecular flexibility index (Phi) is 7.48. The number of aliphatic hydroxyl groups is 1. The van der Waals surface area contributed by atoms with Crippen molar-refractivity contribution in [3.05, 3.63) is 63.4 Å². The third-order valence-corrected chi connectivity index (χ3v) is 7.74. The zero-order valence-electron chi connectivity index (χ0n) is 20.8. The van der Waals surface area contributed by atoms with Crippen LogP contribution in [-0.4, -0.2) is 63.3 Å². The molecule has 4 rings (SSSR count). The van der Waals surface area contributed by atoms with E-state index in [1.54, 1.807) is 51.1 Å². The van der Waals surface area contributed by atoms with E-state index < -0.39 is 67.3 Å². The average molecular weight is 539 g/mol. The standard InChI is InChI=1S/C23H30N3O10P/c1-14(2)34-18(28)15(3)25-37(31,36-16-8-6-5-7-9-16)33-13-23-12-32-22(4,19(23)29)20(35-23)26-11-10-17(27)24-21(26)30/h5-11,14-15,19-20,29H,12-13H2,1-4H3,(H,25,31)(H,24,27,30)/t15-,19-,20+,22+,23+,37-/m0/s1. The lowest BCUT2D eigenvalue weighted by atomic mass is 9.92. The first kappa shape index (κ1) is 27.2. The topological polar surface area (TPSA) is 167 Å². The quantitative estimate of drug-likeness (QED) is 0.292. The van der Waals surface area contributed by atoms with Crippen LogP contribution in [0.1, 0.15) is 33.9 Å². The summed E-state index contributed by atoms with van der Waals surface area (Å²) in [6.07, 6.45) is -1.59. The Morgan fingerprint density at radius 2 is 1.97 bits per heavy atom.